The fraction of sp³-hybridized carbons (Fsp3) is 0.417. The van der Waals surface area contributed by atoms with E-state index < -0.39 is 9.84 Å². The molecule has 1 aliphatic heterocycles. The highest BCUT2D eigenvalue weighted by molar-refractivity contribution is 7.91. The molecule has 2 heterocycles. The minimum atomic E-state index is -2.93. The molecule has 0 spiro atoms. The van der Waals surface area contributed by atoms with Gasteiger partial charge in [-0.05, 0) is 18.4 Å². The third kappa shape index (κ3) is 4.44. The molecule has 1 aromatic heterocycles. The highest BCUT2D eigenvalue weighted by Crippen LogP contribution is 2.21. The van der Waals surface area contributed by atoms with E-state index in [9.17, 15) is 13.2 Å². The van der Waals surface area contributed by atoms with Crippen molar-refractivity contribution in [2.24, 2.45) is 11.0 Å². The van der Waals surface area contributed by atoms with Crippen molar-refractivity contribution in [3.05, 3.63) is 30.1 Å². The summed E-state index contributed by atoms with van der Waals surface area (Å²) in [6, 6.07) is 3.58. The molecule has 1 amide bonds. The third-order valence-corrected chi connectivity index (χ3v) is 4.73. The van der Waals surface area contributed by atoms with Crippen molar-refractivity contribution in [1.82, 2.24) is 10.4 Å². The summed E-state index contributed by atoms with van der Waals surface area (Å²) in [6.07, 6.45) is 5.53. The standard InChI is InChI=1S/C12H15N3O3S/c16-12(6-10-3-5-19(17,18)9-10)15-14-8-11-2-1-4-13-7-11/h1-2,4,7-8,10H,3,5-6,9H2,(H,15,16)/b14-8-/t10-/m1/s1. The monoisotopic (exact) mass is 281 g/mol. The van der Waals surface area contributed by atoms with E-state index in [1.165, 1.54) is 6.21 Å². The summed E-state index contributed by atoms with van der Waals surface area (Å²) in [5.41, 5.74) is 3.18. The van der Waals surface area contributed by atoms with Gasteiger partial charge in [0.15, 0.2) is 9.84 Å². The molecule has 6 nitrogen and oxygen atoms in total. The zero-order valence-electron chi connectivity index (χ0n) is 10.3. The summed E-state index contributed by atoms with van der Waals surface area (Å²) in [4.78, 5) is 15.5. The lowest BCUT2D eigenvalue weighted by molar-refractivity contribution is -0.121. The topological polar surface area (TPSA) is 88.5 Å². The van der Waals surface area contributed by atoms with Crippen LogP contribution < -0.4 is 5.43 Å². The predicted octanol–water partition coefficient (Wildman–Crippen LogP) is 0.356. The van der Waals surface area contributed by atoms with Gasteiger partial charge in [-0.3, -0.25) is 9.78 Å². The first-order chi connectivity index (χ1) is 9.05. The van der Waals surface area contributed by atoms with Crippen LogP contribution in [0.2, 0.25) is 0 Å². The van der Waals surface area contributed by atoms with Gasteiger partial charge in [-0.25, -0.2) is 13.8 Å². The van der Waals surface area contributed by atoms with Gasteiger partial charge in [0, 0.05) is 24.4 Å². The van der Waals surface area contributed by atoms with Crippen molar-refractivity contribution in [1.29, 1.82) is 0 Å². The number of hydrogen-bond acceptors (Lipinski definition) is 5. The molecule has 7 heteroatoms. The molecule has 1 N–H and O–H groups in total. The number of pyridine rings is 1. The highest BCUT2D eigenvalue weighted by atomic mass is 32.2. The SMILES string of the molecule is O=C(C[C@H]1CCS(=O)(=O)C1)N/N=C\c1cccnc1. The van der Waals surface area contributed by atoms with Crippen LogP contribution in [-0.2, 0) is 14.6 Å². The minimum absolute atomic E-state index is 0.0846. The summed E-state index contributed by atoms with van der Waals surface area (Å²) in [5, 5.41) is 3.81. The maximum absolute atomic E-state index is 11.6. The molecule has 1 atom stereocenters. The number of hydrogen-bond donors (Lipinski definition) is 1. The van der Waals surface area contributed by atoms with Gasteiger partial charge in [0.1, 0.15) is 0 Å². The van der Waals surface area contributed by atoms with E-state index in [0.29, 0.717) is 6.42 Å². The molecular formula is C12H15N3O3S. The number of sulfone groups is 1. The molecule has 1 aromatic rings. The van der Waals surface area contributed by atoms with E-state index in [2.05, 4.69) is 15.5 Å². The van der Waals surface area contributed by atoms with Crippen LogP contribution in [0.25, 0.3) is 0 Å². The molecule has 0 aliphatic carbocycles. The number of aromatic nitrogens is 1. The Bertz CT molecular complexity index is 569. The van der Waals surface area contributed by atoms with E-state index in [0.717, 1.165) is 5.56 Å². The largest absolute Gasteiger partial charge is 0.273 e. The van der Waals surface area contributed by atoms with Gasteiger partial charge < -0.3 is 0 Å². The minimum Gasteiger partial charge on any atom is -0.273 e. The first kappa shape index (κ1) is 13.7. The van der Waals surface area contributed by atoms with Crippen LogP contribution >= 0.6 is 0 Å². The zero-order valence-corrected chi connectivity index (χ0v) is 11.1. The second-order valence-electron chi connectivity index (χ2n) is 4.55. The Morgan fingerprint density at radius 1 is 1.58 bits per heavy atom. The van der Waals surface area contributed by atoms with Crippen molar-refractivity contribution in [3.63, 3.8) is 0 Å². The second kappa shape index (κ2) is 5.92. The lowest BCUT2D eigenvalue weighted by atomic mass is 10.1. The molecule has 0 saturated carbocycles. The Morgan fingerprint density at radius 3 is 3.05 bits per heavy atom. The average Bonchev–Trinajstić information content (AvgIpc) is 2.70. The van der Waals surface area contributed by atoms with Crippen molar-refractivity contribution >= 4 is 22.0 Å². The molecule has 0 radical (unpaired) electrons. The van der Waals surface area contributed by atoms with Crippen LogP contribution in [0.1, 0.15) is 18.4 Å². The summed E-state index contributed by atoms with van der Waals surface area (Å²) in [7, 11) is -2.93. The maximum atomic E-state index is 11.6. The molecule has 102 valence electrons. The number of nitrogens with one attached hydrogen (secondary N) is 1. The molecule has 0 bridgehead atoms. The van der Waals surface area contributed by atoms with E-state index in [-0.39, 0.29) is 29.8 Å². The Labute approximate surface area is 111 Å². The molecule has 0 unspecified atom stereocenters. The van der Waals surface area contributed by atoms with Crippen molar-refractivity contribution in [3.8, 4) is 0 Å². The van der Waals surface area contributed by atoms with Crippen LogP contribution in [0.3, 0.4) is 0 Å². The smallest absolute Gasteiger partial charge is 0.240 e. The van der Waals surface area contributed by atoms with Crippen LogP contribution in [0.15, 0.2) is 29.6 Å². The Hall–Kier alpha value is -1.76. The van der Waals surface area contributed by atoms with Crippen LogP contribution in [-0.4, -0.2) is 37.0 Å². The molecule has 19 heavy (non-hydrogen) atoms. The normalized spacial score (nSPS) is 21.6. The van der Waals surface area contributed by atoms with E-state index in [1.807, 2.05) is 6.07 Å². The Morgan fingerprint density at radius 2 is 2.42 bits per heavy atom. The van der Waals surface area contributed by atoms with Crippen molar-refractivity contribution in [2.75, 3.05) is 11.5 Å². The van der Waals surface area contributed by atoms with E-state index in [4.69, 9.17) is 0 Å². The molecule has 1 aliphatic rings. The number of amides is 1. The fourth-order valence-corrected chi connectivity index (χ4v) is 3.83. The van der Waals surface area contributed by atoms with Gasteiger partial charge in [0.2, 0.25) is 5.91 Å². The van der Waals surface area contributed by atoms with E-state index in [1.54, 1.807) is 18.5 Å². The highest BCUT2D eigenvalue weighted by Gasteiger charge is 2.29. The first-order valence-electron chi connectivity index (χ1n) is 5.97. The van der Waals surface area contributed by atoms with Gasteiger partial charge in [-0.2, -0.15) is 5.10 Å². The number of hydrazone groups is 1. The van der Waals surface area contributed by atoms with Gasteiger partial charge in [0.25, 0.3) is 0 Å². The summed E-state index contributed by atoms with van der Waals surface area (Å²) in [5.74, 6) is -0.0581. The third-order valence-electron chi connectivity index (χ3n) is 2.89. The van der Waals surface area contributed by atoms with Crippen LogP contribution in [0.4, 0.5) is 0 Å². The average molecular weight is 281 g/mol. The predicted molar refractivity (Wildman–Crippen MR) is 71.4 cm³/mol. The lowest BCUT2D eigenvalue weighted by Crippen LogP contribution is -2.21. The summed E-state index contributed by atoms with van der Waals surface area (Å²) >= 11 is 0. The zero-order chi connectivity index (χ0) is 13.7. The number of carbonyl (C=O) groups is 1. The maximum Gasteiger partial charge on any atom is 0.240 e. The lowest BCUT2D eigenvalue weighted by Gasteiger charge is -2.04. The van der Waals surface area contributed by atoms with Gasteiger partial charge in [0.05, 0.1) is 17.7 Å². The van der Waals surface area contributed by atoms with Gasteiger partial charge in [-0.1, -0.05) is 6.07 Å². The quantitative estimate of drug-likeness (QED) is 0.637. The number of nitrogens with zero attached hydrogens (tertiary/aromatic N) is 2. The number of rotatable bonds is 4. The molecule has 1 fully saturated rings. The van der Waals surface area contributed by atoms with Crippen LogP contribution in [0.5, 0.6) is 0 Å². The number of carbonyl (C=O) groups excluding carboxylic acids is 1. The molecular weight excluding hydrogens is 266 g/mol. The summed E-state index contributed by atoms with van der Waals surface area (Å²) in [6.45, 7) is 0. The molecule has 2 rings (SSSR count). The van der Waals surface area contributed by atoms with Gasteiger partial charge in [-0.15, -0.1) is 0 Å². The van der Waals surface area contributed by atoms with Gasteiger partial charge >= 0.3 is 0 Å². The summed E-state index contributed by atoms with van der Waals surface area (Å²) < 4.78 is 22.5. The van der Waals surface area contributed by atoms with Crippen molar-refractivity contribution < 1.29 is 13.2 Å². The first-order valence-corrected chi connectivity index (χ1v) is 7.80. The molecule has 0 aromatic carbocycles. The second-order valence-corrected chi connectivity index (χ2v) is 6.78. The fourth-order valence-electron chi connectivity index (χ4n) is 1.97. The Kier molecular flexibility index (Phi) is 4.26. The Balaban J connectivity index is 1.78. The van der Waals surface area contributed by atoms with Crippen molar-refractivity contribution in [2.45, 2.75) is 12.8 Å². The van der Waals surface area contributed by atoms with Crippen LogP contribution in [0, 0.1) is 5.92 Å². The molecule has 1 saturated heterocycles. The van der Waals surface area contributed by atoms with E-state index >= 15 is 0 Å².